The summed E-state index contributed by atoms with van der Waals surface area (Å²) in [6.45, 7) is 6.31. The zero-order valence-corrected chi connectivity index (χ0v) is 17.9. The van der Waals surface area contributed by atoms with Gasteiger partial charge in [-0.15, -0.1) is 11.3 Å². The minimum Gasteiger partial charge on any atom is -0.438 e. The van der Waals surface area contributed by atoms with Crippen LogP contribution in [0, 0.1) is 17.2 Å². The number of hydrogen-bond donors (Lipinski definition) is 0. The molecule has 0 spiro atoms. The second-order valence-corrected chi connectivity index (χ2v) is 9.19. The standard InChI is InChI=1S/C23H24N4O2S/c1-15-2-7-18-19(12-15)30-23-21(18)22(29-17-5-3-16(13-24)4-6-17)25-20(26-23)14-27-8-10-28-11-9-27/h3-6,15H,2,7-12,14H2,1H3/t15-/m1/s1. The predicted molar refractivity (Wildman–Crippen MR) is 116 cm³/mol. The molecular formula is C23H24N4O2S. The molecule has 6 nitrogen and oxygen atoms in total. The van der Waals surface area contributed by atoms with Crippen molar-refractivity contribution in [2.45, 2.75) is 32.7 Å². The number of hydrogen-bond acceptors (Lipinski definition) is 7. The Bertz CT molecular complexity index is 1100. The molecule has 1 aliphatic heterocycles. The Morgan fingerprint density at radius 3 is 2.80 bits per heavy atom. The van der Waals surface area contributed by atoms with Gasteiger partial charge in [0, 0.05) is 18.0 Å². The minimum absolute atomic E-state index is 0.616. The maximum Gasteiger partial charge on any atom is 0.231 e. The van der Waals surface area contributed by atoms with Gasteiger partial charge in [0.2, 0.25) is 5.88 Å². The van der Waals surface area contributed by atoms with Crippen molar-refractivity contribution in [1.82, 2.24) is 14.9 Å². The van der Waals surface area contributed by atoms with Crippen LogP contribution in [0.2, 0.25) is 0 Å². The Morgan fingerprint density at radius 2 is 2.03 bits per heavy atom. The second kappa shape index (κ2) is 8.31. The maximum atomic E-state index is 9.05. The van der Waals surface area contributed by atoms with E-state index in [4.69, 9.17) is 24.7 Å². The molecule has 0 radical (unpaired) electrons. The minimum atomic E-state index is 0.616. The Balaban J connectivity index is 1.54. The molecule has 3 heterocycles. The molecule has 0 amide bonds. The Hall–Kier alpha value is -2.53. The molecule has 0 unspecified atom stereocenters. The van der Waals surface area contributed by atoms with E-state index in [1.165, 1.54) is 16.9 Å². The lowest BCUT2D eigenvalue weighted by atomic mass is 9.89. The molecule has 1 aromatic carbocycles. The van der Waals surface area contributed by atoms with Gasteiger partial charge < -0.3 is 9.47 Å². The highest BCUT2D eigenvalue weighted by Gasteiger charge is 2.25. The van der Waals surface area contributed by atoms with Crippen LogP contribution < -0.4 is 4.74 Å². The molecule has 154 valence electrons. The van der Waals surface area contributed by atoms with E-state index in [1.807, 2.05) is 12.1 Å². The van der Waals surface area contributed by atoms with E-state index in [-0.39, 0.29) is 0 Å². The number of morpholine rings is 1. The summed E-state index contributed by atoms with van der Waals surface area (Å²) >= 11 is 1.79. The largest absolute Gasteiger partial charge is 0.438 e. The Kier molecular flexibility index (Phi) is 5.38. The molecular weight excluding hydrogens is 396 g/mol. The van der Waals surface area contributed by atoms with E-state index in [1.54, 1.807) is 23.5 Å². The fourth-order valence-electron chi connectivity index (χ4n) is 4.16. The summed E-state index contributed by atoms with van der Waals surface area (Å²) in [7, 11) is 0. The molecule has 3 aromatic rings. The summed E-state index contributed by atoms with van der Waals surface area (Å²) in [6, 6.07) is 9.35. The van der Waals surface area contributed by atoms with E-state index in [2.05, 4.69) is 17.9 Å². The van der Waals surface area contributed by atoms with Crippen LogP contribution in [0.3, 0.4) is 0 Å². The van der Waals surface area contributed by atoms with Crippen molar-refractivity contribution in [3.8, 4) is 17.7 Å². The van der Waals surface area contributed by atoms with E-state index in [0.717, 1.165) is 55.2 Å². The van der Waals surface area contributed by atoms with Crippen LogP contribution in [0.4, 0.5) is 0 Å². The van der Waals surface area contributed by atoms with Crippen LogP contribution in [0.25, 0.3) is 10.2 Å². The zero-order chi connectivity index (χ0) is 20.5. The van der Waals surface area contributed by atoms with Gasteiger partial charge in [0.25, 0.3) is 0 Å². The van der Waals surface area contributed by atoms with Gasteiger partial charge in [-0.25, -0.2) is 4.98 Å². The van der Waals surface area contributed by atoms with Crippen LogP contribution in [0.15, 0.2) is 24.3 Å². The number of benzene rings is 1. The van der Waals surface area contributed by atoms with Crippen LogP contribution in [0.5, 0.6) is 11.6 Å². The first-order valence-electron chi connectivity index (χ1n) is 10.5. The third-order valence-corrected chi connectivity index (χ3v) is 6.98. The van der Waals surface area contributed by atoms with Crippen LogP contribution in [-0.4, -0.2) is 41.2 Å². The highest BCUT2D eigenvalue weighted by molar-refractivity contribution is 7.18. The van der Waals surface area contributed by atoms with Gasteiger partial charge in [0.15, 0.2) is 0 Å². The summed E-state index contributed by atoms with van der Waals surface area (Å²) in [6.07, 6.45) is 3.34. The first-order valence-corrected chi connectivity index (χ1v) is 11.3. The summed E-state index contributed by atoms with van der Waals surface area (Å²) < 4.78 is 11.7. The van der Waals surface area contributed by atoms with Crippen molar-refractivity contribution in [3.05, 3.63) is 46.1 Å². The summed E-state index contributed by atoms with van der Waals surface area (Å²) in [5.41, 5.74) is 1.97. The Labute approximate surface area is 180 Å². The van der Waals surface area contributed by atoms with Gasteiger partial charge in [-0.2, -0.15) is 10.2 Å². The van der Waals surface area contributed by atoms with Gasteiger partial charge in [-0.05, 0) is 55.0 Å². The third-order valence-electron chi connectivity index (χ3n) is 5.83. The zero-order valence-electron chi connectivity index (χ0n) is 17.1. The average Bonchev–Trinajstić information content (AvgIpc) is 3.12. The average molecular weight is 421 g/mol. The fraction of sp³-hybridized carbons (Fsp3) is 0.435. The van der Waals surface area contributed by atoms with Crippen LogP contribution in [-0.2, 0) is 24.1 Å². The molecule has 1 saturated heterocycles. The fourth-order valence-corrected chi connectivity index (χ4v) is 5.56. The van der Waals surface area contributed by atoms with Crippen molar-refractivity contribution in [2.24, 2.45) is 5.92 Å². The van der Waals surface area contributed by atoms with E-state index in [9.17, 15) is 0 Å². The molecule has 0 bridgehead atoms. The molecule has 30 heavy (non-hydrogen) atoms. The molecule has 0 saturated carbocycles. The predicted octanol–water partition coefficient (Wildman–Crippen LogP) is 4.31. The number of aromatic nitrogens is 2. The van der Waals surface area contributed by atoms with Crippen molar-refractivity contribution in [2.75, 3.05) is 26.3 Å². The molecule has 1 aliphatic carbocycles. The van der Waals surface area contributed by atoms with Gasteiger partial charge in [0.05, 0.1) is 36.8 Å². The monoisotopic (exact) mass is 420 g/mol. The van der Waals surface area contributed by atoms with Crippen LogP contribution >= 0.6 is 11.3 Å². The number of thiophene rings is 1. The number of nitrogens with zero attached hydrogens (tertiary/aromatic N) is 4. The first kappa shape index (κ1) is 19.4. The van der Waals surface area contributed by atoms with Gasteiger partial charge >= 0.3 is 0 Å². The highest BCUT2D eigenvalue weighted by Crippen LogP contribution is 2.42. The van der Waals surface area contributed by atoms with Crippen molar-refractivity contribution in [1.29, 1.82) is 5.26 Å². The second-order valence-electron chi connectivity index (χ2n) is 8.10. The molecule has 2 aliphatic rings. The lowest BCUT2D eigenvalue weighted by molar-refractivity contribution is 0.0330. The number of ether oxygens (including phenoxy) is 2. The number of nitriles is 1. The smallest absolute Gasteiger partial charge is 0.231 e. The summed E-state index contributed by atoms with van der Waals surface area (Å²) in [5, 5.41) is 10.1. The first-order chi connectivity index (χ1) is 14.7. The molecule has 1 atom stereocenters. The van der Waals surface area contributed by atoms with Crippen LogP contribution in [0.1, 0.15) is 35.2 Å². The summed E-state index contributed by atoms with van der Waals surface area (Å²) in [5.74, 6) is 2.82. The van der Waals surface area contributed by atoms with E-state index < -0.39 is 0 Å². The summed E-state index contributed by atoms with van der Waals surface area (Å²) in [4.78, 5) is 14.6. The molecule has 7 heteroatoms. The normalized spacial score (nSPS) is 19.4. The Morgan fingerprint density at radius 1 is 1.23 bits per heavy atom. The maximum absolute atomic E-state index is 9.05. The van der Waals surface area contributed by atoms with Crippen molar-refractivity contribution in [3.63, 3.8) is 0 Å². The molecule has 1 fully saturated rings. The molecule has 5 rings (SSSR count). The van der Waals surface area contributed by atoms with Crippen molar-refractivity contribution >= 4 is 21.6 Å². The highest BCUT2D eigenvalue weighted by atomic mass is 32.1. The topological polar surface area (TPSA) is 71.3 Å². The number of rotatable bonds is 4. The lowest BCUT2D eigenvalue weighted by Crippen LogP contribution is -2.36. The number of aryl methyl sites for hydroxylation is 1. The van der Waals surface area contributed by atoms with Gasteiger partial charge in [0.1, 0.15) is 16.4 Å². The quantitative estimate of drug-likeness (QED) is 0.626. The van der Waals surface area contributed by atoms with Gasteiger partial charge in [-0.1, -0.05) is 6.92 Å². The molecule has 2 aromatic heterocycles. The third kappa shape index (κ3) is 3.91. The number of fused-ring (bicyclic) bond motifs is 3. The lowest BCUT2D eigenvalue weighted by Gasteiger charge is -2.25. The SMILES string of the molecule is C[C@@H]1CCc2c(sc3nc(CN4CCOCC4)nc(Oc4ccc(C#N)cc4)c23)C1. The van der Waals surface area contributed by atoms with E-state index >= 15 is 0 Å². The molecule has 0 N–H and O–H groups in total. The van der Waals surface area contributed by atoms with Gasteiger partial charge in [-0.3, -0.25) is 4.90 Å². The van der Waals surface area contributed by atoms with E-state index in [0.29, 0.717) is 29.7 Å². The van der Waals surface area contributed by atoms with Crippen molar-refractivity contribution < 1.29 is 9.47 Å².